The van der Waals surface area contributed by atoms with E-state index in [0.29, 0.717) is 12.2 Å². The van der Waals surface area contributed by atoms with Gasteiger partial charge in [0.15, 0.2) is 0 Å². The zero-order valence-electron chi connectivity index (χ0n) is 10.7. The molecular formula is C11H14FN5O2S. The van der Waals surface area contributed by atoms with E-state index in [-0.39, 0.29) is 17.8 Å². The van der Waals surface area contributed by atoms with Gasteiger partial charge in [-0.05, 0) is 24.6 Å². The standard InChI is InChI=1S/C11H14FN5O2S/c1-7-4-8(13)5-9(11(7)12)20(18,19)16-3-2-10-14-6-15-17-10/h4-6,16H,2-3,13H2,1H3,(H,14,15,17). The van der Waals surface area contributed by atoms with E-state index in [1.165, 1.54) is 19.3 Å². The fourth-order valence-corrected chi connectivity index (χ4v) is 2.91. The lowest BCUT2D eigenvalue weighted by atomic mass is 10.2. The van der Waals surface area contributed by atoms with Gasteiger partial charge in [0.05, 0.1) is 0 Å². The Labute approximate surface area is 115 Å². The fourth-order valence-electron chi connectivity index (χ4n) is 1.69. The van der Waals surface area contributed by atoms with Crippen LogP contribution in [0.5, 0.6) is 0 Å². The largest absolute Gasteiger partial charge is 0.399 e. The molecule has 0 spiro atoms. The Morgan fingerprint density at radius 2 is 2.20 bits per heavy atom. The van der Waals surface area contributed by atoms with Gasteiger partial charge in [0.2, 0.25) is 10.0 Å². The molecule has 20 heavy (non-hydrogen) atoms. The van der Waals surface area contributed by atoms with E-state index in [9.17, 15) is 12.8 Å². The molecule has 108 valence electrons. The summed E-state index contributed by atoms with van der Waals surface area (Å²) in [6.07, 6.45) is 1.65. The van der Waals surface area contributed by atoms with E-state index in [4.69, 9.17) is 5.73 Å². The number of aromatic nitrogens is 3. The monoisotopic (exact) mass is 299 g/mol. The highest BCUT2D eigenvalue weighted by molar-refractivity contribution is 7.89. The van der Waals surface area contributed by atoms with Crippen LogP contribution in [0.15, 0.2) is 23.4 Å². The van der Waals surface area contributed by atoms with Crippen molar-refractivity contribution in [3.8, 4) is 0 Å². The van der Waals surface area contributed by atoms with E-state index in [0.717, 1.165) is 6.07 Å². The smallest absolute Gasteiger partial charge is 0.243 e. The van der Waals surface area contributed by atoms with E-state index >= 15 is 0 Å². The molecule has 0 aliphatic carbocycles. The van der Waals surface area contributed by atoms with Crippen molar-refractivity contribution in [2.24, 2.45) is 0 Å². The lowest BCUT2D eigenvalue weighted by molar-refractivity contribution is 0.553. The molecule has 1 aromatic carbocycles. The van der Waals surface area contributed by atoms with Gasteiger partial charge in [0.1, 0.15) is 22.9 Å². The summed E-state index contributed by atoms with van der Waals surface area (Å²) in [7, 11) is -3.96. The number of hydrogen-bond acceptors (Lipinski definition) is 5. The second-order valence-electron chi connectivity index (χ2n) is 4.23. The van der Waals surface area contributed by atoms with Crippen LogP contribution < -0.4 is 10.5 Å². The molecule has 0 aliphatic heterocycles. The van der Waals surface area contributed by atoms with Crippen molar-refractivity contribution in [1.82, 2.24) is 19.9 Å². The summed E-state index contributed by atoms with van der Waals surface area (Å²) >= 11 is 0. The highest BCUT2D eigenvalue weighted by Gasteiger charge is 2.20. The number of benzene rings is 1. The zero-order chi connectivity index (χ0) is 14.8. The van der Waals surface area contributed by atoms with Crippen LogP contribution in [-0.4, -0.2) is 30.1 Å². The van der Waals surface area contributed by atoms with Crippen LogP contribution in [0.25, 0.3) is 0 Å². The fraction of sp³-hybridized carbons (Fsp3) is 0.273. The van der Waals surface area contributed by atoms with Gasteiger partial charge >= 0.3 is 0 Å². The average Bonchev–Trinajstić information content (AvgIpc) is 2.86. The van der Waals surface area contributed by atoms with Crippen molar-refractivity contribution in [2.45, 2.75) is 18.2 Å². The molecule has 9 heteroatoms. The number of rotatable bonds is 5. The van der Waals surface area contributed by atoms with Crippen molar-refractivity contribution in [1.29, 1.82) is 0 Å². The number of halogens is 1. The zero-order valence-corrected chi connectivity index (χ0v) is 11.5. The molecule has 0 saturated carbocycles. The first-order valence-corrected chi connectivity index (χ1v) is 7.28. The number of hydrogen-bond donors (Lipinski definition) is 3. The number of nitrogens with one attached hydrogen (secondary N) is 2. The minimum Gasteiger partial charge on any atom is -0.399 e. The quantitative estimate of drug-likeness (QED) is 0.690. The van der Waals surface area contributed by atoms with Gasteiger partial charge in [-0.25, -0.2) is 22.5 Å². The Hall–Kier alpha value is -2.00. The van der Waals surface area contributed by atoms with Crippen molar-refractivity contribution < 1.29 is 12.8 Å². The van der Waals surface area contributed by atoms with Gasteiger partial charge < -0.3 is 5.73 Å². The third-order valence-corrected chi connectivity index (χ3v) is 4.11. The summed E-state index contributed by atoms with van der Waals surface area (Å²) in [6.45, 7) is 1.53. The second kappa shape index (κ2) is 5.55. The minimum absolute atomic E-state index is 0.0742. The molecular weight excluding hydrogens is 285 g/mol. The van der Waals surface area contributed by atoms with E-state index in [1.54, 1.807) is 0 Å². The third kappa shape index (κ3) is 3.11. The first-order chi connectivity index (χ1) is 9.40. The highest BCUT2D eigenvalue weighted by atomic mass is 32.2. The maximum absolute atomic E-state index is 13.9. The number of aryl methyl sites for hydroxylation is 1. The summed E-state index contributed by atoms with van der Waals surface area (Å²) in [5.74, 6) is -0.261. The molecule has 0 atom stereocenters. The van der Waals surface area contributed by atoms with Gasteiger partial charge in [0.25, 0.3) is 0 Å². The molecule has 2 rings (SSSR count). The van der Waals surface area contributed by atoms with Crippen LogP contribution in [0.2, 0.25) is 0 Å². The molecule has 0 radical (unpaired) electrons. The maximum Gasteiger partial charge on any atom is 0.243 e. The van der Waals surface area contributed by atoms with Crippen LogP contribution >= 0.6 is 0 Å². The number of aromatic amines is 1. The lowest BCUT2D eigenvalue weighted by Gasteiger charge is -2.09. The van der Waals surface area contributed by atoms with Gasteiger partial charge in [-0.1, -0.05) is 0 Å². The normalized spacial score (nSPS) is 11.7. The summed E-state index contributed by atoms with van der Waals surface area (Å²) < 4.78 is 40.2. The Morgan fingerprint density at radius 3 is 2.85 bits per heavy atom. The molecule has 2 aromatic rings. The summed E-state index contributed by atoms with van der Waals surface area (Å²) in [6, 6.07) is 2.47. The number of nitrogens with two attached hydrogens (primary N) is 1. The molecule has 0 aliphatic rings. The Bertz CT molecular complexity index is 700. The van der Waals surface area contributed by atoms with E-state index in [1.807, 2.05) is 0 Å². The number of nitrogen functional groups attached to an aromatic ring is 1. The predicted octanol–water partition coefficient (Wildman–Crippen LogP) is 0.355. The Balaban J connectivity index is 2.14. The Kier molecular flexibility index (Phi) is 4.00. The number of anilines is 1. The predicted molar refractivity (Wildman–Crippen MR) is 70.8 cm³/mol. The van der Waals surface area contributed by atoms with Crippen molar-refractivity contribution in [2.75, 3.05) is 12.3 Å². The van der Waals surface area contributed by atoms with Crippen LogP contribution in [0.3, 0.4) is 0 Å². The van der Waals surface area contributed by atoms with Crippen LogP contribution in [0.1, 0.15) is 11.4 Å². The average molecular weight is 299 g/mol. The molecule has 0 unspecified atom stereocenters. The van der Waals surface area contributed by atoms with Crippen molar-refractivity contribution in [3.63, 3.8) is 0 Å². The summed E-state index contributed by atoms with van der Waals surface area (Å²) in [4.78, 5) is 3.41. The van der Waals surface area contributed by atoms with Gasteiger partial charge in [-0.2, -0.15) is 5.10 Å². The van der Waals surface area contributed by atoms with Gasteiger partial charge in [-0.3, -0.25) is 5.10 Å². The van der Waals surface area contributed by atoms with E-state index in [2.05, 4.69) is 19.9 Å². The van der Waals surface area contributed by atoms with E-state index < -0.39 is 20.7 Å². The SMILES string of the molecule is Cc1cc(N)cc(S(=O)(=O)NCCc2ncn[nH]2)c1F. The van der Waals surface area contributed by atoms with Gasteiger partial charge in [-0.15, -0.1) is 0 Å². The topological polar surface area (TPSA) is 114 Å². The first kappa shape index (κ1) is 14.4. The highest BCUT2D eigenvalue weighted by Crippen LogP contribution is 2.21. The molecule has 7 nitrogen and oxygen atoms in total. The maximum atomic E-state index is 13.9. The Morgan fingerprint density at radius 1 is 1.45 bits per heavy atom. The van der Waals surface area contributed by atoms with Crippen LogP contribution in [0.4, 0.5) is 10.1 Å². The second-order valence-corrected chi connectivity index (χ2v) is 5.97. The molecule has 4 N–H and O–H groups in total. The first-order valence-electron chi connectivity index (χ1n) is 5.79. The summed E-state index contributed by atoms with van der Waals surface area (Å²) in [5.41, 5.74) is 5.92. The number of nitrogens with zero attached hydrogens (tertiary/aromatic N) is 2. The third-order valence-electron chi connectivity index (χ3n) is 2.65. The molecule has 0 amide bonds. The molecule has 0 saturated heterocycles. The number of H-pyrrole nitrogens is 1. The molecule has 1 heterocycles. The number of sulfonamides is 1. The van der Waals surface area contributed by atoms with Crippen LogP contribution in [-0.2, 0) is 16.4 Å². The van der Waals surface area contributed by atoms with Crippen LogP contribution in [0, 0.1) is 12.7 Å². The van der Waals surface area contributed by atoms with Crippen molar-refractivity contribution >= 4 is 15.7 Å². The molecule has 0 fully saturated rings. The molecule has 1 aromatic heterocycles. The lowest BCUT2D eigenvalue weighted by Crippen LogP contribution is -2.27. The minimum atomic E-state index is -3.96. The molecule has 0 bridgehead atoms. The van der Waals surface area contributed by atoms with Gasteiger partial charge in [0, 0.05) is 18.7 Å². The van der Waals surface area contributed by atoms with Crippen molar-refractivity contribution in [3.05, 3.63) is 35.7 Å². The summed E-state index contributed by atoms with van der Waals surface area (Å²) in [5, 5.41) is 6.25.